The molecule has 0 atom stereocenters. The normalized spacial score (nSPS) is 15.8. The van der Waals surface area contributed by atoms with E-state index in [9.17, 15) is 9.59 Å². The van der Waals surface area contributed by atoms with Crippen molar-refractivity contribution in [2.45, 2.75) is 13.8 Å². The van der Waals surface area contributed by atoms with E-state index in [0.29, 0.717) is 33.7 Å². The number of aliphatic carboxylic acids is 1. The van der Waals surface area contributed by atoms with Gasteiger partial charge in [-0.1, -0.05) is 35.6 Å². The number of ether oxygens (including phenoxy) is 2. The molecule has 0 radical (unpaired) electrons. The summed E-state index contributed by atoms with van der Waals surface area (Å²) in [5, 5.41) is 8.96. The molecule has 0 spiro atoms. The third-order valence-electron chi connectivity index (χ3n) is 3.16. The number of carbonyl (C=O) groups is 2. The summed E-state index contributed by atoms with van der Waals surface area (Å²) in [5.41, 5.74) is 0.632. The number of carboxylic acids is 1. The van der Waals surface area contributed by atoms with Crippen molar-refractivity contribution in [3.05, 3.63) is 27.6 Å². The minimum absolute atomic E-state index is 0.155. The van der Waals surface area contributed by atoms with Crippen LogP contribution >= 0.6 is 35.6 Å². The van der Waals surface area contributed by atoms with Gasteiger partial charge in [0.05, 0.1) is 16.5 Å². The maximum Gasteiger partial charge on any atom is 0.341 e. The van der Waals surface area contributed by atoms with Gasteiger partial charge in [0.15, 0.2) is 18.1 Å². The number of thioether (sulfide) groups is 1. The Balaban J connectivity index is 2.36. The lowest BCUT2D eigenvalue weighted by Crippen LogP contribution is -2.27. The lowest BCUT2D eigenvalue weighted by Gasteiger charge is -2.13. The molecule has 1 heterocycles. The molecule has 2 rings (SSSR count). The molecule has 1 amide bonds. The van der Waals surface area contributed by atoms with Gasteiger partial charge in [0, 0.05) is 6.54 Å². The molecule has 25 heavy (non-hydrogen) atoms. The molecule has 0 aliphatic carbocycles. The van der Waals surface area contributed by atoms with Crippen molar-refractivity contribution in [1.82, 2.24) is 4.90 Å². The standard InChI is InChI=1S/C16H16ClNO5S2/c1-3-18-15(21)12(25-16(18)24)7-9-5-10(17)14(23-8-13(19)20)11(6-9)22-4-2/h5-7H,3-4,8H2,1-2H3,(H,19,20). The first kappa shape index (κ1) is 19.6. The van der Waals surface area contributed by atoms with Crippen LogP contribution in [0.4, 0.5) is 0 Å². The zero-order valence-corrected chi connectivity index (χ0v) is 16.0. The van der Waals surface area contributed by atoms with E-state index in [0.717, 1.165) is 0 Å². The van der Waals surface area contributed by atoms with Crippen molar-refractivity contribution in [3.63, 3.8) is 0 Å². The van der Waals surface area contributed by atoms with Gasteiger partial charge in [-0.05, 0) is 37.6 Å². The van der Waals surface area contributed by atoms with Crippen molar-refractivity contribution in [3.8, 4) is 11.5 Å². The summed E-state index contributed by atoms with van der Waals surface area (Å²) in [5.74, 6) is -0.804. The topological polar surface area (TPSA) is 76.1 Å². The summed E-state index contributed by atoms with van der Waals surface area (Å²) in [7, 11) is 0. The van der Waals surface area contributed by atoms with Crippen LogP contribution in [0.15, 0.2) is 17.0 Å². The minimum atomic E-state index is -1.12. The fourth-order valence-corrected chi connectivity index (χ4v) is 3.79. The molecular formula is C16H16ClNO5S2. The van der Waals surface area contributed by atoms with Crippen LogP contribution in [0, 0.1) is 0 Å². The molecule has 1 fully saturated rings. The Morgan fingerprint density at radius 2 is 2.12 bits per heavy atom. The van der Waals surface area contributed by atoms with E-state index in [-0.39, 0.29) is 16.7 Å². The van der Waals surface area contributed by atoms with Gasteiger partial charge < -0.3 is 14.6 Å². The molecule has 0 saturated carbocycles. The van der Waals surface area contributed by atoms with Crippen LogP contribution in [0.2, 0.25) is 5.02 Å². The maximum absolute atomic E-state index is 12.3. The van der Waals surface area contributed by atoms with Crippen molar-refractivity contribution < 1.29 is 24.2 Å². The van der Waals surface area contributed by atoms with Crippen molar-refractivity contribution in [2.24, 2.45) is 0 Å². The molecule has 0 unspecified atom stereocenters. The Morgan fingerprint density at radius 1 is 1.40 bits per heavy atom. The summed E-state index contributed by atoms with van der Waals surface area (Å²) < 4.78 is 11.2. The summed E-state index contributed by atoms with van der Waals surface area (Å²) >= 11 is 12.6. The number of nitrogens with zero attached hydrogens (tertiary/aromatic N) is 1. The number of hydrogen-bond acceptors (Lipinski definition) is 6. The summed E-state index contributed by atoms with van der Waals surface area (Å²) in [4.78, 5) is 25.0. The predicted octanol–water partition coefficient (Wildman–Crippen LogP) is 3.42. The second kappa shape index (κ2) is 8.55. The van der Waals surface area contributed by atoms with E-state index in [2.05, 4.69) is 0 Å². The molecular weight excluding hydrogens is 386 g/mol. The van der Waals surface area contributed by atoms with Crippen molar-refractivity contribution >= 4 is 57.9 Å². The lowest BCUT2D eigenvalue weighted by atomic mass is 10.1. The Kier molecular flexibility index (Phi) is 6.69. The molecule has 1 saturated heterocycles. The zero-order chi connectivity index (χ0) is 18.6. The van der Waals surface area contributed by atoms with Crippen LogP contribution in [0.5, 0.6) is 11.5 Å². The number of carboxylic acid groups (broad SMARTS) is 1. The number of halogens is 1. The van der Waals surface area contributed by atoms with Gasteiger partial charge >= 0.3 is 5.97 Å². The average Bonchev–Trinajstić information content (AvgIpc) is 2.80. The van der Waals surface area contributed by atoms with Crippen LogP contribution in [-0.4, -0.2) is 46.0 Å². The SMILES string of the molecule is CCOc1cc(C=C2SC(=S)N(CC)C2=O)cc(Cl)c1OCC(=O)O. The molecule has 9 heteroatoms. The number of thiocarbonyl (C=S) groups is 1. The van der Waals surface area contributed by atoms with E-state index in [4.69, 9.17) is 38.4 Å². The largest absolute Gasteiger partial charge is 0.490 e. The van der Waals surface area contributed by atoms with Gasteiger partial charge in [0.25, 0.3) is 5.91 Å². The maximum atomic E-state index is 12.3. The highest BCUT2D eigenvalue weighted by Gasteiger charge is 2.30. The number of carbonyl (C=O) groups excluding carboxylic acids is 1. The fraction of sp³-hybridized carbons (Fsp3) is 0.312. The highest BCUT2D eigenvalue weighted by atomic mass is 35.5. The van der Waals surface area contributed by atoms with Crippen LogP contribution in [0.25, 0.3) is 6.08 Å². The van der Waals surface area contributed by atoms with Crippen LogP contribution in [0.3, 0.4) is 0 Å². The molecule has 134 valence electrons. The van der Waals surface area contributed by atoms with E-state index in [1.165, 1.54) is 16.7 Å². The monoisotopic (exact) mass is 401 g/mol. The number of hydrogen-bond donors (Lipinski definition) is 1. The minimum Gasteiger partial charge on any atom is -0.490 e. The first-order valence-electron chi connectivity index (χ1n) is 7.43. The smallest absolute Gasteiger partial charge is 0.341 e. The highest BCUT2D eigenvalue weighted by molar-refractivity contribution is 8.26. The Morgan fingerprint density at radius 3 is 2.68 bits per heavy atom. The molecule has 1 aromatic rings. The summed E-state index contributed by atoms with van der Waals surface area (Å²) in [6, 6.07) is 3.23. The van der Waals surface area contributed by atoms with Gasteiger partial charge in [0.1, 0.15) is 4.32 Å². The fourth-order valence-electron chi connectivity index (χ4n) is 2.13. The Bertz CT molecular complexity index is 750. The van der Waals surface area contributed by atoms with Gasteiger partial charge in [-0.3, -0.25) is 9.69 Å². The lowest BCUT2D eigenvalue weighted by molar-refractivity contribution is -0.139. The second-order valence-electron chi connectivity index (χ2n) is 4.87. The summed E-state index contributed by atoms with van der Waals surface area (Å²) in [6.07, 6.45) is 1.67. The molecule has 0 bridgehead atoms. The number of amides is 1. The number of benzene rings is 1. The van der Waals surface area contributed by atoms with Gasteiger partial charge in [-0.15, -0.1) is 0 Å². The Labute approximate surface area is 159 Å². The van der Waals surface area contributed by atoms with E-state index in [1.54, 1.807) is 25.1 Å². The van der Waals surface area contributed by atoms with E-state index >= 15 is 0 Å². The van der Waals surface area contributed by atoms with Gasteiger partial charge in [-0.25, -0.2) is 4.79 Å². The van der Waals surface area contributed by atoms with Crippen LogP contribution in [0.1, 0.15) is 19.4 Å². The average molecular weight is 402 g/mol. The van der Waals surface area contributed by atoms with E-state index in [1.807, 2.05) is 6.92 Å². The Hall–Kier alpha value is -1.77. The molecule has 1 aromatic carbocycles. The third-order valence-corrected chi connectivity index (χ3v) is 4.82. The predicted molar refractivity (Wildman–Crippen MR) is 101 cm³/mol. The third kappa shape index (κ3) is 4.65. The molecule has 6 nitrogen and oxygen atoms in total. The van der Waals surface area contributed by atoms with Crippen LogP contribution in [-0.2, 0) is 9.59 Å². The van der Waals surface area contributed by atoms with Crippen LogP contribution < -0.4 is 9.47 Å². The van der Waals surface area contributed by atoms with Crippen molar-refractivity contribution in [2.75, 3.05) is 19.8 Å². The van der Waals surface area contributed by atoms with Gasteiger partial charge in [0.2, 0.25) is 0 Å². The first-order chi connectivity index (χ1) is 11.9. The zero-order valence-electron chi connectivity index (χ0n) is 13.6. The van der Waals surface area contributed by atoms with Gasteiger partial charge in [-0.2, -0.15) is 0 Å². The first-order valence-corrected chi connectivity index (χ1v) is 9.03. The second-order valence-corrected chi connectivity index (χ2v) is 6.95. The molecule has 1 aliphatic rings. The molecule has 1 aliphatic heterocycles. The quantitative estimate of drug-likeness (QED) is 0.554. The molecule has 1 N–H and O–H groups in total. The van der Waals surface area contributed by atoms with E-state index < -0.39 is 12.6 Å². The number of rotatable bonds is 7. The van der Waals surface area contributed by atoms with Crippen molar-refractivity contribution in [1.29, 1.82) is 0 Å². The number of likely N-dealkylation sites (N-methyl/N-ethyl adjacent to an activating group) is 1. The highest BCUT2D eigenvalue weighted by Crippen LogP contribution is 2.39. The summed E-state index contributed by atoms with van der Waals surface area (Å²) in [6.45, 7) is 3.96. The molecule has 0 aromatic heterocycles.